The Bertz CT molecular complexity index is 1060. The molecule has 160 valence electrons. The first-order valence-electron chi connectivity index (χ1n) is 10.8. The molecule has 3 aromatic carbocycles. The number of nitrogens with zero attached hydrogens (tertiary/aromatic N) is 1. The van der Waals surface area contributed by atoms with Gasteiger partial charge in [-0.15, -0.1) is 0 Å². The number of hydrogen-bond acceptors (Lipinski definition) is 2. The first-order chi connectivity index (χ1) is 15.0. The zero-order chi connectivity index (χ0) is 21.8. The lowest BCUT2D eigenvalue weighted by Gasteiger charge is -2.42. The average molecular weight is 418 g/mol. The van der Waals surface area contributed by atoms with E-state index in [1.165, 1.54) is 23.3 Å². The van der Waals surface area contributed by atoms with Gasteiger partial charge in [0.2, 0.25) is 0 Å². The van der Waals surface area contributed by atoms with Crippen LogP contribution < -0.4 is 0 Å². The van der Waals surface area contributed by atoms with Crippen LogP contribution in [0.25, 0.3) is 11.1 Å². The number of aryl methyl sites for hydroxylation is 1. The molecule has 1 aliphatic heterocycles. The lowest BCUT2D eigenvalue weighted by atomic mass is 9.75. The van der Waals surface area contributed by atoms with E-state index in [0.717, 1.165) is 30.4 Å². The summed E-state index contributed by atoms with van der Waals surface area (Å²) >= 11 is 0. The van der Waals surface area contributed by atoms with E-state index in [2.05, 4.69) is 19.1 Å². The van der Waals surface area contributed by atoms with E-state index in [4.69, 9.17) is 0 Å². The minimum Gasteiger partial charge on any atom is -0.396 e. The summed E-state index contributed by atoms with van der Waals surface area (Å²) in [6, 6.07) is 22.0. The zero-order valence-corrected chi connectivity index (χ0v) is 17.9. The van der Waals surface area contributed by atoms with Gasteiger partial charge in [-0.3, -0.25) is 4.79 Å². The summed E-state index contributed by atoms with van der Waals surface area (Å²) in [4.78, 5) is 15.2. The Morgan fingerprint density at radius 1 is 1.03 bits per heavy atom. The SMILES string of the molecule is Cc1ccccc1CC1(CO)CCCN(C(=O)c2cccc(-c3ccc(F)cc3)c2)C1. The molecule has 1 heterocycles. The molecule has 4 rings (SSSR count). The normalized spacial score (nSPS) is 18.7. The quantitative estimate of drug-likeness (QED) is 0.615. The number of benzene rings is 3. The number of amides is 1. The number of aliphatic hydroxyl groups is 1. The highest BCUT2D eigenvalue weighted by atomic mass is 19.1. The van der Waals surface area contributed by atoms with Gasteiger partial charge in [-0.2, -0.15) is 0 Å². The van der Waals surface area contributed by atoms with Crippen LogP contribution in [0, 0.1) is 18.2 Å². The molecule has 4 heteroatoms. The number of carbonyl (C=O) groups excluding carboxylic acids is 1. The molecule has 1 atom stereocenters. The van der Waals surface area contributed by atoms with E-state index in [1.54, 1.807) is 12.1 Å². The Balaban J connectivity index is 1.55. The van der Waals surface area contributed by atoms with Crippen molar-refractivity contribution in [2.24, 2.45) is 5.41 Å². The van der Waals surface area contributed by atoms with Gasteiger partial charge in [0.15, 0.2) is 0 Å². The highest BCUT2D eigenvalue weighted by molar-refractivity contribution is 5.95. The monoisotopic (exact) mass is 417 g/mol. The molecular formula is C27H28FNO2. The van der Waals surface area contributed by atoms with E-state index in [1.807, 2.05) is 41.3 Å². The second kappa shape index (κ2) is 9.03. The third kappa shape index (κ3) is 4.70. The van der Waals surface area contributed by atoms with Crippen molar-refractivity contribution in [2.45, 2.75) is 26.2 Å². The molecule has 1 unspecified atom stereocenters. The maximum Gasteiger partial charge on any atom is 0.253 e. The predicted octanol–water partition coefficient (Wildman–Crippen LogP) is 5.26. The van der Waals surface area contributed by atoms with Crippen LogP contribution in [0.1, 0.15) is 34.3 Å². The number of hydrogen-bond donors (Lipinski definition) is 1. The Hall–Kier alpha value is -2.98. The fraction of sp³-hybridized carbons (Fsp3) is 0.296. The second-order valence-corrected chi connectivity index (χ2v) is 8.68. The van der Waals surface area contributed by atoms with E-state index in [0.29, 0.717) is 18.7 Å². The Morgan fingerprint density at radius 3 is 2.55 bits per heavy atom. The first kappa shape index (κ1) is 21.3. The maximum absolute atomic E-state index is 13.3. The molecule has 31 heavy (non-hydrogen) atoms. The Morgan fingerprint density at radius 2 is 1.81 bits per heavy atom. The van der Waals surface area contributed by atoms with E-state index < -0.39 is 0 Å². The number of piperidine rings is 1. The molecule has 0 radical (unpaired) electrons. The Labute approximate surface area is 183 Å². The van der Waals surface area contributed by atoms with Crippen molar-refractivity contribution in [1.29, 1.82) is 0 Å². The number of aliphatic hydroxyl groups excluding tert-OH is 1. The van der Waals surface area contributed by atoms with E-state index in [9.17, 15) is 14.3 Å². The van der Waals surface area contributed by atoms with Crippen molar-refractivity contribution < 1.29 is 14.3 Å². The standard InChI is InChI=1S/C27H28FNO2/c1-20-6-2-3-7-24(20)17-27(19-30)14-5-15-29(18-27)26(31)23-9-4-8-22(16-23)21-10-12-25(28)13-11-21/h2-4,6-13,16,30H,5,14-15,17-19H2,1H3. The van der Waals surface area contributed by atoms with Crippen LogP contribution in [0.3, 0.4) is 0 Å². The summed E-state index contributed by atoms with van der Waals surface area (Å²) in [5.74, 6) is -0.301. The third-order valence-corrected chi connectivity index (χ3v) is 6.40. The third-order valence-electron chi connectivity index (χ3n) is 6.40. The minimum absolute atomic E-state index is 0.0220. The first-order valence-corrected chi connectivity index (χ1v) is 10.8. The fourth-order valence-electron chi connectivity index (χ4n) is 4.58. The van der Waals surface area contributed by atoms with Gasteiger partial charge < -0.3 is 10.0 Å². The lowest BCUT2D eigenvalue weighted by Crippen LogP contribution is -2.49. The van der Waals surface area contributed by atoms with Crippen molar-refractivity contribution in [2.75, 3.05) is 19.7 Å². The molecule has 0 saturated carbocycles. The zero-order valence-electron chi connectivity index (χ0n) is 17.9. The second-order valence-electron chi connectivity index (χ2n) is 8.68. The van der Waals surface area contributed by atoms with Crippen LogP contribution in [-0.4, -0.2) is 35.6 Å². The van der Waals surface area contributed by atoms with Crippen LogP contribution in [-0.2, 0) is 6.42 Å². The smallest absolute Gasteiger partial charge is 0.253 e. The molecule has 1 fully saturated rings. The summed E-state index contributed by atoms with van der Waals surface area (Å²) < 4.78 is 13.3. The molecule has 0 bridgehead atoms. The number of likely N-dealkylation sites (tertiary alicyclic amines) is 1. The number of rotatable bonds is 5. The van der Waals surface area contributed by atoms with Crippen LogP contribution in [0.2, 0.25) is 0 Å². The number of halogens is 1. The average Bonchev–Trinajstić information content (AvgIpc) is 2.81. The van der Waals surface area contributed by atoms with E-state index >= 15 is 0 Å². The minimum atomic E-state index is -0.325. The van der Waals surface area contributed by atoms with Gasteiger partial charge in [0, 0.05) is 24.1 Å². The van der Waals surface area contributed by atoms with Gasteiger partial charge in [0.1, 0.15) is 5.82 Å². The van der Waals surface area contributed by atoms with Crippen molar-refractivity contribution in [3.63, 3.8) is 0 Å². The topological polar surface area (TPSA) is 40.5 Å². The molecule has 1 N–H and O–H groups in total. The van der Waals surface area contributed by atoms with Gasteiger partial charge in [-0.25, -0.2) is 4.39 Å². The summed E-state index contributed by atoms with van der Waals surface area (Å²) in [6.45, 7) is 3.38. The van der Waals surface area contributed by atoms with Crippen LogP contribution in [0.15, 0.2) is 72.8 Å². The lowest BCUT2D eigenvalue weighted by molar-refractivity contribution is 0.0271. The van der Waals surface area contributed by atoms with Crippen LogP contribution >= 0.6 is 0 Å². The Kier molecular flexibility index (Phi) is 6.19. The molecule has 0 spiro atoms. The van der Waals surface area contributed by atoms with Gasteiger partial charge in [-0.05, 0) is 72.7 Å². The van der Waals surface area contributed by atoms with Gasteiger partial charge in [-0.1, -0.05) is 48.5 Å². The van der Waals surface area contributed by atoms with E-state index in [-0.39, 0.29) is 23.7 Å². The molecule has 0 aromatic heterocycles. The highest BCUT2D eigenvalue weighted by Gasteiger charge is 2.37. The van der Waals surface area contributed by atoms with Gasteiger partial charge in [0.25, 0.3) is 5.91 Å². The maximum atomic E-state index is 13.3. The summed E-state index contributed by atoms with van der Waals surface area (Å²) in [5, 5.41) is 10.3. The highest BCUT2D eigenvalue weighted by Crippen LogP contribution is 2.35. The van der Waals surface area contributed by atoms with Crippen molar-refractivity contribution in [3.8, 4) is 11.1 Å². The molecule has 1 saturated heterocycles. The van der Waals surface area contributed by atoms with Crippen LogP contribution in [0.5, 0.6) is 0 Å². The van der Waals surface area contributed by atoms with Crippen molar-refractivity contribution in [3.05, 3.63) is 95.3 Å². The molecule has 3 nitrogen and oxygen atoms in total. The summed E-state index contributed by atoms with van der Waals surface area (Å²) in [6.07, 6.45) is 2.53. The fourth-order valence-corrected chi connectivity index (χ4v) is 4.58. The van der Waals surface area contributed by atoms with Crippen LogP contribution in [0.4, 0.5) is 4.39 Å². The van der Waals surface area contributed by atoms with Gasteiger partial charge in [0.05, 0.1) is 6.61 Å². The molecular weight excluding hydrogens is 389 g/mol. The summed E-state index contributed by atoms with van der Waals surface area (Å²) in [7, 11) is 0. The molecule has 3 aromatic rings. The largest absolute Gasteiger partial charge is 0.396 e. The number of carbonyl (C=O) groups is 1. The van der Waals surface area contributed by atoms with Gasteiger partial charge >= 0.3 is 0 Å². The predicted molar refractivity (Wildman–Crippen MR) is 121 cm³/mol. The summed E-state index contributed by atoms with van der Waals surface area (Å²) in [5.41, 5.74) is 4.49. The molecule has 1 amide bonds. The molecule has 1 aliphatic rings. The molecule has 0 aliphatic carbocycles. The van der Waals surface area contributed by atoms with Crippen molar-refractivity contribution in [1.82, 2.24) is 4.90 Å². The van der Waals surface area contributed by atoms with Crippen molar-refractivity contribution >= 4 is 5.91 Å².